The predicted octanol–water partition coefficient (Wildman–Crippen LogP) is 7.06. The first-order valence-corrected chi connectivity index (χ1v) is 21.3. The minimum atomic E-state index is -4.48. The summed E-state index contributed by atoms with van der Waals surface area (Å²) in [5.41, 5.74) is 10.3. The predicted molar refractivity (Wildman–Crippen MR) is 242 cm³/mol. The molecule has 10 rings (SSSR count). The summed E-state index contributed by atoms with van der Waals surface area (Å²) in [6.07, 6.45) is 9.84. The number of ether oxygens (including phenoxy) is 1. The van der Waals surface area contributed by atoms with E-state index in [1.54, 1.807) is 10.8 Å². The Morgan fingerprint density at radius 2 is 1.38 bits per heavy atom. The van der Waals surface area contributed by atoms with Gasteiger partial charge in [-0.1, -0.05) is 6.07 Å². The second-order valence-electron chi connectivity index (χ2n) is 15.6. The number of nitrogens with two attached hydrogens (primary N) is 1. The van der Waals surface area contributed by atoms with Gasteiger partial charge in [0.05, 0.1) is 50.4 Å². The normalized spacial score (nSPS) is 16.1. The molecule has 2 aliphatic rings. The van der Waals surface area contributed by atoms with E-state index in [9.17, 15) is 23.4 Å². The molecule has 0 amide bonds. The summed E-state index contributed by atoms with van der Waals surface area (Å²) in [5, 5.41) is 31.3. The van der Waals surface area contributed by atoms with Crippen LogP contribution in [0.15, 0.2) is 98.1 Å². The van der Waals surface area contributed by atoms with Gasteiger partial charge in [-0.3, -0.25) is 0 Å². The maximum Gasteiger partial charge on any atom is 0.420 e. The lowest BCUT2D eigenvalue weighted by Gasteiger charge is -2.25. The van der Waals surface area contributed by atoms with Crippen LogP contribution in [0.2, 0.25) is 5.28 Å². The molecule has 0 saturated carbocycles. The largest absolute Gasteiger partial charge is 0.496 e. The van der Waals surface area contributed by atoms with Gasteiger partial charge in [0, 0.05) is 36.9 Å². The smallest absolute Gasteiger partial charge is 0.420 e. The number of aliphatic hydroxyl groups excluding tert-OH is 2. The number of aryl methyl sites for hydroxylation is 2. The number of imidazole rings is 2. The monoisotopic (exact) mass is 912 g/mol. The van der Waals surface area contributed by atoms with Crippen LogP contribution in [-0.2, 0) is 6.18 Å². The van der Waals surface area contributed by atoms with Crippen LogP contribution in [0.4, 0.5) is 42.4 Å². The van der Waals surface area contributed by atoms with E-state index in [1.807, 2.05) is 51.9 Å². The zero-order valence-corrected chi connectivity index (χ0v) is 36.6. The van der Waals surface area contributed by atoms with E-state index in [0.717, 1.165) is 73.2 Å². The number of nitrogens with one attached hydrogen (secondary N) is 1. The summed E-state index contributed by atoms with van der Waals surface area (Å²) in [6.45, 7) is 6.26. The maximum absolute atomic E-state index is 12.8. The zero-order valence-electron chi connectivity index (χ0n) is 35.8. The second-order valence-corrected chi connectivity index (χ2v) is 16.0. The average molecular weight is 913 g/mol. The number of nitrogens with zero attached hydrogens (tertiary/aromatic N) is 12. The molecule has 17 nitrogen and oxygen atoms in total. The van der Waals surface area contributed by atoms with Crippen molar-refractivity contribution in [1.82, 2.24) is 48.3 Å². The SMILES string of the molecule is COc1ccc(-n2cnc(N)c2)cc1C(F)(F)F.Cc1ccc(-n2cnc(Nc3nc(N4CCC[C@H]4CO)c4cccn4n3)c2)cc1C.OC[C@@H]1CCCN1c1nc(Cl)nn2cccc12. The highest BCUT2D eigenvalue weighted by atomic mass is 35.5. The Bertz CT molecular complexity index is 2890. The van der Waals surface area contributed by atoms with E-state index in [4.69, 9.17) is 27.1 Å². The number of hydrogen-bond acceptors (Lipinski definition) is 13. The molecule has 0 aliphatic carbocycles. The van der Waals surface area contributed by atoms with Gasteiger partial charge in [0.15, 0.2) is 17.5 Å². The van der Waals surface area contributed by atoms with E-state index in [1.165, 1.54) is 47.5 Å². The molecular formula is C44H48ClF3N14O3. The Morgan fingerprint density at radius 3 is 1.98 bits per heavy atom. The van der Waals surface area contributed by atoms with Crippen molar-refractivity contribution in [2.45, 2.75) is 57.8 Å². The van der Waals surface area contributed by atoms with E-state index in [-0.39, 0.29) is 42.1 Å². The summed E-state index contributed by atoms with van der Waals surface area (Å²) in [5.74, 6) is 2.81. The lowest BCUT2D eigenvalue weighted by atomic mass is 10.1. The van der Waals surface area contributed by atoms with Crippen LogP contribution in [0.5, 0.6) is 5.75 Å². The molecule has 8 heterocycles. The number of methoxy groups -OCH3 is 1. The zero-order chi connectivity index (χ0) is 45.8. The average Bonchev–Trinajstić information content (AvgIpc) is 4.16. The number of hydrogen-bond donors (Lipinski definition) is 4. The van der Waals surface area contributed by atoms with Gasteiger partial charge in [0.1, 0.15) is 35.3 Å². The van der Waals surface area contributed by atoms with Gasteiger partial charge in [-0.2, -0.15) is 23.1 Å². The first-order valence-electron chi connectivity index (χ1n) is 20.9. The highest BCUT2D eigenvalue weighted by Crippen LogP contribution is 2.37. The molecule has 65 heavy (non-hydrogen) atoms. The van der Waals surface area contributed by atoms with Crippen LogP contribution in [0, 0.1) is 13.8 Å². The molecule has 6 aromatic heterocycles. The Labute approximate surface area is 376 Å². The van der Waals surface area contributed by atoms with Crippen molar-refractivity contribution in [3.8, 4) is 17.1 Å². The highest BCUT2D eigenvalue weighted by Gasteiger charge is 2.35. The Kier molecular flexibility index (Phi) is 13.1. The summed E-state index contributed by atoms with van der Waals surface area (Å²) in [6, 6.07) is 18.1. The van der Waals surface area contributed by atoms with Crippen LogP contribution >= 0.6 is 11.6 Å². The molecule has 340 valence electrons. The first kappa shape index (κ1) is 44.7. The molecule has 8 aromatic rings. The number of anilines is 5. The van der Waals surface area contributed by atoms with E-state index in [2.05, 4.69) is 72.3 Å². The minimum Gasteiger partial charge on any atom is -0.496 e. The minimum absolute atomic E-state index is 0.0930. The van der Waals surface area contributed by atoms with Crippen LogP contribution in [0.1, 0.15) is 42.4 Å². The van der Waals surface area contributed by atoms with Crippen molar-refractivity contribution in [2.24, 2.45) is 0 Å². The summed E-state index contributed by atoms with van der Waals surface area (Å²) >= 11 is 5.92. The van der Waals surface area contributed by atoms with Crippen molar-refractivity contribution in [1.29, 1.82) is 0 Å². The molecule has 2 saturated heterocycles. The number of fused-ring (bicyclic) bond motifs is 2. The fourth-order valence-corrected chi connectivity index (χ4v) is 8.14. The molecule has 2 aliphatic heterocycles. The number of halogens is 4. The van der Waals surface area contributed by atoms with Crippen LogP contribution < -0.4 is 25.6 Å². The molecule has 0 bridgehead atoms. The Morgan fingerprint density at radius 1 is 0.785 bits per heavy atom. The van der Waals surface area contributed by atoms with Crippen molar-refractivity contribution in [2.75, 3.05) is 54.3 Å². The quantitative estimate of drug-likeness (QED) is 0.115. The van der Waals surface area contributed by atoms with Crippen molar-refractivity contribution in [3.05, 3.63) is 120 Å². The molecule has 2 aromatic carbocycles. The third-order valence-electron chi connectivity index (χ3n) is 11.4. The first-order chi connectivity index (χ1) is 31.3. The van der Waals surface area contributed by atoms with Gasteiger partial charge >= 0.3 is 6.18 Å². The number of rotatable bonds is 9. The fraction of sp³-hybridized carbons (Fsp3) is 0.318. The van der Waals surface area contributed by atoms with Gasteiger partial charge < -0.3 is 44.9 Å². The highest BCUT2D eigenvalue weighted by molar-refractivity contribution is 6.28. The molecule has 0 spiro atoms. The van der Waals surface area contributed by atoms with Crippen molar-refractivity contribution in [3.63, 3.8) is 0 Å². The number of nitrogen functional groups attached to an aromatic ring is 1. The number of aliphatic hydroxyl groups is 2. The summed E-state index contributed by atoms with van der Waals surface area (Å²) in [7, 11) is 1.19. The lowest BCUT2D eigenvalue weighted by Crippen LogP contribution is -2.33. The fourth-order valence-electron chi connectivity index (χ4n) is 7.98. The number of benzene rings is 2. The molecule has 21 heteroatoms. The molecule has 2 fully saturated rings. The number of alkyl halides is 3. The maximum atomic E-state index is 12.8. The van der Waals surface area contributed by atoms with E-state index >= 15 is 0 Å². The third kappa shape index (κ3) is 9.79. The topological polar surface area (TPSA) is 190 Å². The molecule has 2 atom stereocenters. The molecule has 5 N–H and O–H groups in total. The van der Waals surface area contributed by atoms with Crippen molar-refractivity contribution < 1.29 is 28.1 Å². The standard InChI is InChI=1S/C22H25N7O.C11H13ClN4O.C11H10F3N3O/c1-15-7-8-17(11-16(15)2)27-12-20(23-14-27)24-22-25-21(19-6-4-10-29(19)26-22)28-9-3-5-18(28)13-30;12-11-13-10(9-4-2-6-16(9)14-11)15-5-1-3-8(15)7-17;1-18-9-3-2-7(4-8(9)11(12,13)14)17-5-10(15)16-6-17/h4,6-8,10-12,14,18,30H,3,5,9,13H2,1-2H3,(H,24,26);2,4,6,8,17H,1,3,5,7H2;2-6H,15H2,1H3/t18-;8-;/m00./s1. The van der Waals surface area contributed by atoms with Gasteiger partial charge in [-0.15, -0.1) is 10.2 Å². The molecular weight excluding hydrogens is 865 g/mol. The molecule has 0 unspecified atom stereocenters. The van der Waals surface area contributed by atoms with Gasteiger partial charge in [0.2, 0.25) is 11.2 Å². The Hall–Kier alpha value is -6.90. The lowest BCUT2D eigenvalue weighted by molar-refractivity contribution is -0.138. The molecule has 0 radical (unpaired) electrons. The summed E-state index contributed by atoms with van der Waals surface area (Å²) < 4.78 is 50.0. The van der Waals surface area contributed by atoms with Gasteiger partial charge in [-0.25, -0.2) is 19.0 Å². The van der Waals surface area contributed by atoms with Crippen molar-refractivity contribution >= 4 is 51.9 Å². The Balaban J connectivity index is 0.000000142. The van der Waals surface area contributed by atoms with Crippen LogP contribution in [0.3, 0.4) is 0 Å². The number of aromatic nitrogens is 10. The van der Waals surface area contributed by atoms with Gasteiger partial charge in [0.25, 0.3) is 0 Å². The second kappa shape index (κ2) is 19.1. The third-order valence-corrected chi connectivity index (χ3v) is 11.6. The van der Waals surface area contributed by atoms with E-state index < -0.39 is 11.7 Å². The van der Waals surface area contributed by atoms with Gasteiger partial charge in [-0.05, 0) is 117 Å². The van der Waals surface area contributed by atoms with E-state index in [0.29, 0.717) is 17.5 Å². The van der Waals surface area contributed by atoms with Crippen LogP contribution in [0.25, 0.3) is 22.4 Å². The van der Waals surface area contributed by atoms with Crippen LogP contribution in [-0.4, -0.2) is 104 Å². The summed E-state index contributed by atoms with van der Waals surface area (Å²) in [4.78, 5) is 21.6.